The molecule has 0 radical (unpaired) electrons. The normalized spacial score (nSPS) is 24.6. The second-order valence-corrected chi connectivity index (χ2v) is 6.88. The topological polar surface area (TPSA) is 38.3 Å². The molecule has 21 heavy (non-hydrogen) atoms. The molecule has 112 valence electrons. The minimum atomic E-state index is -0.536. The summed E-state index contributed by atoms with van der Waals surface area (Å²) in [5.74, 6) is 3.26. The quantitative estimate of drug-likeness (QED) is 0.859. The maximum Gasteiger partial charge on any atom is 0.408 e. The number of ether oxygens (including phenoxy) is 1. The molecule has 1 fully saturated rings. The fourth-order valence-corrected chi connectivity index (χ4v) is 2.60. The van der Waals surface area contributed by atoms with Crippen molar-refractivity contribution in [2.45, 2.75) is 45.8 Å². The molecule has 0 bridgehead atoms. The number of amides is 1. The molecule has 0 aliphatic heterocycles. The first-order valence-corrected chi connectivity index (χ1v) is 7.31. The van der Waals surface area contributed by atoms with Crippen molar-refractivity contribution in [3.8, 4) is 12.3 Å². The fraction of sp³-hybridized carbons (Fsp3) is 0.500. The Morgan fingerprint density at radius 3 is 2.52 bits per heavy atom. The van der Waals surface area contributed by atoms with E-state index in [4.69, 9.17) is 11.2 Å². The Balaban J connectivity index is 1.84. The van der Waals surface area contributed by atoms with Crippen LogP contribution in [0.4, 0.5) is 4.79 Å². The summed E-state index contributed by atoms with van der Waals surface area (Å²) >= 11 is 0. The van der Waals surface area contributed by atoms with Gasteiger partial charge >= 0.3 is 6.09 Å². The molecule has 0 unspecified atom stereocenters. The van der Waals surface area contributed by atoms with Gasteiger partial charge in [0.2, 0.25) is 0 Å². The van der Waals surface area contributed by atoms with E-state index in [1.54, 1.807) is 0 Å². The molecule has 0 aromatic heterocycles. The van der Waals surface area contributed by atoms with Crippen molar-refractivity contribution in [1.82, 2.24) is 5.32 Å². The maximum atomic E-state index is 11.9. The van der Waals surface area contributed by atoms with E-state index in [1.165, 1.54) is 0 Å². The van der Waals surface area contributed by atoms with Gasteiger partial charge in [-0.3, -0.25) is 0 Å². The molecule has 3 nitrogen and oxygen atoms in total. The number of hydrogen-bond acceptors (Lipinski definition) is 2. The number of carbonyl (C=O) groups is 1. The molecular formula is C18H23NO2. The second-order valence-electron chi connectivity index (χ2n) is 6.88. The van der Waals surface area contributed by atoms with Crippen LogP contribution >= 0.6 is 0 Å². The van der Waals surface area contributed by atoms with Gasteiger partial charge in [-0.25, -0.2) is 4.79 Å². The van der Waals surface area contributed by atoms with E-state index in [2.05, 4.69) is 32.0 Å². The van der Waals surface area contributed by atoms with Gasteiger partial charge in [0, 0.05) is 0 Å². The van der Waals surface area contributed by atoms with E-state index in [1.807, 2.05) is 30.3 Å². The van der Waals surface area contributed by atoms with Gasteiger partial charge < -0.3 is 10.1 Å². The van der Waals surface area contributed by atoms with Gasteiger partial charge in [-0.15, -0.1) is 6.42 Å². The molecule has 1 saturated carbocycles. The highest BCUT2D eigenvalue weighted by Gasteiger charge is 2.48. The highest BCUT2D eigenvalue weighted by atomic mass is 16.5. The summed E-state index contributed by atoms with van der Waals surface area (Å²) in [6, 6.07) is 9.60. The van der Waals surface area contributed by atoms with Gasteiger partial charge in [-0.1, -0.05) is 57.0 Å². The zero-order chi connectivity index (χ0) is 15.5. The van der Waals surface area contributed by atoms with Gasteiger partial charge in [0.1, 0.15) is 12.1 Å². The first-order chi connectivity index (χ1) is 9.85. The predicted molar refractivity (Wildman–Crippen MR) is 83.5 cm³/mol. The van der Waals surface area contributed by atoms with Crippen LogP contribution in [0.3, 0.4) is 0 Å². The Morgan fingerprint density at radius 1 is 1.38 bits per heavy atom. The molecule has 1 aliphatic carbocycles. The summed E-state index contributed by atoms with van der Waals surface area (Å²) in [5.41, 5.74) is 0.644. The van der Waals surface area contributed by atoms with E-state index in [0.29, 0.717) is 5.92 Å². The highest BCUT2D eigenvalue weighted by molar-refractivity contribution is 5.69. The van der Waals surface area contributed by atoms with E-state index < -0.39 is 11.6 Å². The fourth-order valence-electron chi connectivity index (χ4n) is 2.60. The average Bonchev–Trinajstić information content (AvgIpc) is 2.40. The summed E-state index contributed by atoms with van der Waals surface area (Å²) in [6.45, 7) is 6.86. The van der Waals surface area contributed by atoms with E-state index in [0.717, 1.165) is 18.4 Å². The van der Waals surface area contributed by atoms with Crippen molar-refractivity contribution in [3.63, 3.8) is 0 Å². The Hall–Kier alpha value is -1.95. The van der Waals surface area contributed by atoms with Gasteiger partial charge in [-0.05, 0) is 29.7 Å². The van der Waals surface area contributed by atoms with Crippen molar-refractivity contribution in [1.29, 1.82) is 0 Å². The van der Waals surface area contributed by atoms with E-state index in [-0.39, 0.29) is 12.0 Å². The van der Waals surface area contributed by atoms with Crippen LogP contribution in [0, 0.1) is 23.7 Å². The monoisotopic (exact) mass is 285 g/mol. The van der Waals surface area contributed by atoms with Crippen LogP contribution in [-0.4, -0.2) is 11.6 Å². The molecule has 1 aromatic carbocycles. The largest absolute Gasteiger partial charge is 0.445 e. The molecule has 0 spiro atoms. The van der Waals surface area contributed by atoms with Gasteiger partial charge in [0.15, 0.2) is 0 Å². The van der Waals surface area contributed by atoms with Crippen molar-refractivity contribution < 1.29 is 9.53 Å². The third-order valence-electron chi connectivity index (χ3n) is 4.24. The minimum absolute atomic E-state index is 0.218. The lowest BCUT2D eigenvalue weighted by molar-refractivity contribution is 0.0521. The standard InChI is InChI=1S/C18H23NO2/c1-5-18(11-15(12-18)17(2,3)4)19-16(20)21-13-14-9-7-6-8-10-14/h1,6-10,15H,11-13H2,2-4H3,(H,19,20). The van der Waals surface area contributed by atoms with Crippen LogP contribution < -0.4 is 5.32 Å². The average molecular weight is 285 g/mol. The minimum Gasteiger partial charge on any atom is -0.445 e. The molecule has 1 aromatic rings. The molecule has 1 amide bonds. The highest BCUT2D eigenvalue weighted by Crippen LogP contribution is 2.47. The van der Waals surface area contributed by atoms with Gasteiger partial charge in [-0.2, -0.15) is 0 Å². The van der Waals surface area contributed by atoms with Crippen LogP contribution in [0.2, 0.25) is 0 Å². The SMILES string of the molecule is C#CC1(NC(=O)OCc2ccccc2)CC(C(C)(C)C)C1. The molecule has 0 saturated heterocycles. The van der Waals surface area contributed by atoms with Gasteiger partial charge in [0.25, 0.3) is 0 Å². The zero-order valence-electron chi connectivity index (χ0n) is 13.0. The number of hydrogen-bond donors (Lipinski definition) is 1. The predicted octanol–water partition coefficient (Wildman–Crippen LogP) is 3.74. The van der Waals surface area contributed by atoms with Crippen LogP contribution in [0.1, 0.15) is 39.2 Å². The van der Waals surface area contributed by atoms with Crippen molar-refractivity contribution >= 4 is 6.09 Å². The summed E-state index contributed by atoms with van der Waals surface area (Å²) in [4.78, 5) is 11.9. The second kappa shape index (κ2) is 5.81. The van der Waals surface area contributed by atoms with Crippen LogP contribution in [0.25, 0.3) is 0 Å². The molecule has 3 heteroatoms. The number of alkyl carbamates (subject to hydrolysis) is 1. The Morgan fingerprint density at radius 2 is 2.00 bits per heavy atom. The Kier molecular flexibility index (Phi) is 4.27. The lowest BCUT2D eigenvalue weighted by atomic mass is 9.59. The molecule has 0 heterocycles. The Bertz CT molecular complexity index is 531. The lowest BCUT2D eigenvalue weighted by Crippen LogP contribution is -2.58. The van der Waals surface area contributed by atoms with Crippen LogP contribution in [0.5, 0.6) is 0 Å². The first-order valence-electron chi connectivity index (χ1n) is 7.31. The number of benzene rings is 1. The summed E-state index contributed by atoms with van der Waals surface area (Å²) in [7, 11) is 0. The van der Waals surface area contributed by atoms with E-state index >= 15 is 0 Å². The third kappa shape index (κ3) is 3.78. The number of terminal acetylenes is 1. The molecule has 2 rings (SSSR count). The number of carbonyl (C=O) groups excluding carboxylic acids is 1. The molecule has 1 N–H and O–H groups in total. The smallest absolute Gasteiger partial charge is 0.408 e. The maximum absolute atomic E-state index is 11.9. The van der Waals surface area contributed by atoms with Crippen molar-refractivity contribution in [2.24, 2.45) is 11.3 Å². The van der Waals surface area contributed by atoms with Crippen LogP contribution in [-0.2, 0) is 11.3 Å². The lowest BCUT2D eigenvalue weighted by Gasteiger charge is -2.49. The van der Waals surface area contributed by atoms with Gasteiger partial charge in [0.05, 0.1) is 0 Å². The van der Waals surface area contributed by atoms with Crippen molar-refractivity contribution in [3.05, 3.63) is 35.9 Å². The third-order valence-corrected chi connectivity index (χ3v) is 4.24. The zero-order valence-corrected chi connectivity index (χ0v) is 13.0. The summed E-state index contributed by atoms with van der Waals surface area (Å²) < 4.78 is 5.24. The van der Waals surface area contributed by atoms with Crippen molar-refractivity contribution in [2.75, 3.05) is 0 Å². The summed E-state index contributed by atoms with van der Waals surface area (Å²) in [6.07, 6.45) is 6.79. The molecule has 1 aliphatic rings. The molecular weight excluding hydrogens is 262 g/mol. The summed E-state index contributed by atoms with van der Waals surface area (Å²) in [5, 5.41) is 2.85. The Labute approximate surface area is 127 Å². The number of nitrogens with one attached hydrogen (secondary N) is 1. The number of rotatable bonds is 3. The van der Waals surface area contributed by atoms with Crippen LogP contribution in [0.15, 0.2) is 30.3 Å². The first kappa shape index (κ1) is 15.4. The molecule has 0 atom stereocenters. The van der Waals surface area contributed by atoms with E-state index in [9.17, 15) is 4.79 Å².